The molecule has 5 nitrogen and oxygen atoms in total. The molecular weight excluding hydrogens is 340 g/mol. The van der Waals surface area contributed by atoms with Crippen molar-refractivity contribution >= 4 is 28.9 Å². The molecule has 2 heterocycles. The van der Waals surface area contributed by atoms with Crippen molar-refractivity contribution in [2.45, 2.75) is 12.8 Å². The van der Waals surface area contributed by atoms with Gasteiger partial charge in [-0.15, -0.1) is 0 Å². The van der Waals surface area contributed by atoms with Crippen LogP contribution in [0, 0.1) is 5.92 Å². The number of halogens is 1. The van der Waals surface area contributed by atoms with Gasteiger partial charge in [0.15, 0.2) is 11.5 Å². The fraction of sp³-hybridized carbons (Fsp3) is 0.316. The van der Waals surface area contributed by atoms with Gasteiger partial charge in [0.05, 0.1) is 0 Å². The summed E-state index contributed by atoms with van der Waals surface area (Å²) in [7, 11) is 0. The van der Waals surface area contributed by atoms with Crippen LogP contribution in [0.1, 0.15) is 12.8 Å². The van der Waals surface area contributed by atoms with Crippen LogP contribution in [0.2, 0.25) is 5.02 Å². The molecule has 1 N–H and O–H groups in total. The third-order valence-corrected chi connectivity index (χ3v) is 4.91. The maximum Gasteiger partial charge on any atom is 0.231 e. The average Bonchev–Trinajstić information content (AvgIpc) is 3.09. The van der Waals surface area contributed by atoms with Gasteiger partial charge < -0.3 is 19.7 Å². The van der Waals surface area contributed by atoms with Gasteiger partial charge in [-0.25, -0.2) is 0 Å². The summed E-state index contributed by atoms with van der Waals surface area (Å²) in [5.74, 6) is 1.46. The number of nitrogens with zero attached hydrogens (tertiary/aromatic N) is 1. The van der Waals surface area contributed by atoms with E-state index in [2.05, 4.69) is 16.3 Å². The lowest BCUT2D eigenvalue weighted by Crippen LogP contribution is -2.38. The molecule has 25 heavy (non-hydrogen) atoms. The lowest BCUT2D eigenvalue weighted by molar-refractivity contribution is -0.120. The second-order valence-corrected chi connectivity index (χ2v) is 6.73. The molecule has 130 valence electrons. The van der Waals surface area contributed by atoms with E-state index in [9.17, 15) is 4.79 Å². The van der Waals surface area contributed by atoms with Gasteiger partial charge in [-0.05, 0) is 43.2 Å². The molecule has 6 heteroatoms. The van der Waals surface area contributed by atoms with E-state index >= 15 is 0 Å². The maximum atomic E-state index is 12.5. The molecule has 4 rings (SSSR count). The van der Waals surface area contributed by atoms with Crippen LogP contribution in [0.15, 0.2) is 42.5 Å². The van der Waals surface area contributed by atoms with Gasteiger partial charge in [0.1, 0.15) is 0 Å². The maximum absolute atomic E-state index is 12.5. The topological polar surface area (TPSA) is 50.8 Å². The van der Waals surface area contributed by atoms with Crippen LogP contribution in [0.4, 0.5) is 11.4 Å². The monoisotopic (exact) mass is 358 g/mol. The van der Waals surface area contributed by atoms with E-state index in [-0.39, 0.29) is 18.6 Å². The highest BCUT2D eigenvalue weighted by molar-refractivity contribution is 6.30. The smallest absolute Gasteiger partial charge is 0.231 e. The molecular formula is C19H19ClN2O3. The van der Waals surface area contributed by atoms with Crippen LogP contribution >= 0.6 is 11.6 Å². The largest absolute Gasteiger partial charge is 0.454 e. The minimum Gasteiger partial charge on any atom is -0.454 e. The van der Waals surface area contributed by atoms with Gasteiger partial charge in [-0.3, -0.25) is 4.79 Å². The van der Waals surface area contributed by atoms with E-state index in [4.69, 9.17) is 21.1 Å². The molecule has 2 aromatic carbocycles. The zero-order valence-electron chi connectivity index (χ0n) is 13.7. The van der Waals surface area contributed by atoms with E-state index in [1.54, 1.807) is 6.07 Å². The Hall–Kier alpha value is -2.40. The number of fused-ring (bicyclic) bond motifs is 1. The molecule has 0 unspecified atom stereocenters. The standard InChI is InChI=1S/C19H19ClN2O3/c20-14-2-1-3-16(10-14)22-8-6-13(7-9-22)19(23)21-15-4-5-17-18(11-15)25-12-24-17/h1-5,10-11,13H,6-9,12H2,(H,21,23). The second-order valence-electron chi connectivity index (χ2n) is 6.30. The fourth-order valence-electron chi connectivity index (χ4n) is 3.29. The molecule has 0 radical (unpaired) electrons. The summed E-state index contributed by atoms with van der Waals surface area (Å²) in [6.07, 6.45) is 1.64. The van der Waals surface area contributed by atoms with Crippen molar-refractivity contribution in [2.75, 3.05) is 30.1 Å². The lowest BCUT2D eigenvalue weighted by atomic mass is 9.95. The van der Waals surface area contributed by atoms with Crippen LogP contribution in [-0.2, 0) is 4.79 Å². The average molecular weight is 359 g/mol. The van der Waals surface area contributed by atoms with Crippen molar-refractivity contribution in [2.24, 2.45) is 5.92 Å². The fourth-order valence-corrected chi connectivity index (χ4v) is 3.48. The predicted molar refractivity (Wildman–Crippen MR) is 97.6 cm³/mol. The second kappa shape index (κ2) is 6.84. The number of benzene rings is 2. The number of rotatable bonds is 3. The quantitative estimate of drug-likeness (QED) is 0.903. The first-order chi connectivity index (χ1) is 12.2. The van der Waals surface area contributed by atoms with Crippen molar-refractivity contribution in [3.05, 3.63) is 47.5 Å². The number of anilines is 2. The van der Waals surface area contributed by atoms with Crippen molar-refractivity contribution in [3.8, 4) is 11.5 Å². The molecule has 0 aromatic heterocycles. The summed E-state index contributed by atoms with van der Waals surface area (Å²) in [6, 6.07) is 13.3. The van der Waals surface area contributed by atoms with E-state index in [0.29, 0.717) is 11.5 Å². The van der Waals surface area contributed by atoms with Gasteiger partial charge in [-0.2, -0.15) is 0 Å². The Morgan fingerprint density at radius 2 is 1.88 bits per heavy atom. The summed E-state index contributed by atoms with van der Waals surface area (Å²) in [4.78, 5) is 14.8. The van der Waals surface area contributed by atoms with Crippen LogP contribution in [0.5, 0.6) is 11.5 Å². The Kier molecular flexibility index (Phi) is 4.40. The minimum absolute atomic E-state index is 0.0147. The lowest BCUT2D eigenvalue weighted by Gasteiger charge is -2.33. The van der Waals surface area contributed by atoms with Gasteiger partial charge in [0, 0.05) is 41.5 Å². The van der Waals surface area contributed by atoms with Crippen LogP contribution in [0.3, 0.4) is 0 Å². The molecule has 1 amide bonds. The summed E-state index contributed by atoms with van der Waals surface area (Å²) in [5.41, 5.74) is 1.86. The van der Waals surface area contributed by atoms with Gasteiger partial charge in [0.25, 0.3) is 0 Å². The summed E-state index contributed by atoms with van der Waals surface area (Å²) in [6.45, 7) is 1.92. The highest BCUT2D eigenvalue weighted by Gasteiger charge is 2.25. The normalized spacial score (nSPS) is 16.8. The number of amides is 1. The van der Waals surface area contributed by atoms with Crippen molar-refractivity contribution < 1.29 is 14.3 Å². The first kappa shape index (κ1) is 16.1. The summed E-state index contributed by atoms with van der Waals surface area (Å²) >= 11 is 6.06. The third-order valence-electron chi connectivity index (χ3n) is 4.68. The van der Waals surface area contributed by atoms with E-state index in [0.717, 1.165) is 42.3 Å². The molecule has 0 spiro atoms. The Bertz CT molecular complexity index is 788. The Labute approximate surface area is 151 Å². The molecule has 0 aliphatic carbocycles. The molecule has 0 saturated carbocycles. The predicted octanol–water partition coefficient (Wildman–Crippen LogP) is 3.92. The summed E-state index contributed by atoms with van der Waals surface area (Å²) < 4.78 is 10.6. The van der Waals surface area contributed by atoms with E-state index in [1.807, 2.05) is 30.3 Å². The zero-order valence-corrected chi connectivity index (χ0v) is 14.5. The highest BCUT2D eigenvalue weighted by atomic mass is 35.5. The van der Waals surface area contributed by atoms with Crippen LogP contribution in [-0.4, -0.2) is 25.8 Å². The van der Waals surface area contributed by atoms with Crippen molar-refractivity contribution in [3.63, 3.8) is 0 Å². The SMILES string of the molecule is O=C(Nc1ccc2c(c1)OCO2)C1CCN(c2cccc(Cl)c2)CC1. The van der Waals surface area contributed by atoms with E-state index in [1.165, 1.54) is 0 Å². The van der Waals surface area contributed by atoms with Gasteiger partial charge in [0.2, 0.25) is 12.7 Å². The first-order valence-corrected chi connectivity index (χ1v) is 8.78. The number of piperidine rings is 1. The molecule has 1 fully saturated rings. The number of carbonyl (C=O) groups is 1. The number of nitrogens with one attached hydrogen (secondary N) is 1. The first-order valence-electron chi connectivity index (χ1n) is 8.40. The van der Waals surface area contributed by atoms with Crippen LogP contribution < -0.4 is 19.7 Å². The number of carbonyl (C=O) groups excluding carboxylic acids is 1. The molecule has 0 atom stereocenters. The Morgan fingerprint density at radius 1 is 1.08 bits per heavy atom. The molecule has 2 aromatic rings. The molecule has 1 saturated heterocycles. The van der Waals surface area contributed by atoms with E-state index < -0.39 is 0 Å². The minimum atomic E-state index is 0.0147. The van der Waals surface area contributed by atoms with Gasteiger partial charge in [-0.1, -0.05) is 17.7 Å². The third kappa shape index (κ3) is 3.51. The number of hydrogen-bond acceptors (Lipinski definition) is 4. The molecule has 2 aliphatic rings. The zero-order chi connectivity index (χ0) is 17.2. The van der Waals surface area contributed by atoms with Crippen LogP contribution in [0.25, 0.3) is 0 Å². The van der Waals surface area contributed by atoms with Crippen molar-refractivity contribution in [1.29, 1.82) is 0 Å². The Morgan fingerprint density at radius 3 is 2.68 bits per heavy atom. The van der Waals surface area contributed by atoms with Gasteiger partial charge >= 0.3 is 0 Å². The van der Waals surface area contributed by atoms with Crippen molar-refractivity contribution in [1.82, 2.24) is 0 Å². The highest BCUT2D eigenvalue weighted by Crippen LogP contribution is 2.34. The summed E-state index contributed by atoms with van der Waals surface area (Å²) in [5, 5.41) is 3.73. The molecule has 2 aliphatic heterocycles. The number of hydrogen-bond donors (Lipinski definition) is 1. The molecule has 0 bridgehead atoms. The number of ether oxygens (including phenoxy) is 2. The Balaban J connectivity index is 1.35.